The summed E-state index contributed by atoms with van der Waals surface area (Å²) in [5.41, 5.74) is 0.767. The lowest BCUT2D eigenvalue weighted by Gasteiger charge is -2.36. The van der Waals surface area contributed by atoms with Gasteiger partial charge in [0.2, 0.25) is 0 Å². The average Bonchev–Trinajstić information content (AvgIpc) is 2.34. The summed E-state index contributed by atoms with van der Waals surface area (Å²) in [7, 11) is 0. The average molecular weight is 358 g/mol. The van der Waals surface area contributed by atoms with Gasteiger partial charge in [-0.05, 0) is 60.5 Å². The molecule has 1 aromatic carbocycles. The number of carbonyl (C=O) groups is 1. The highest BCUT2D eigenvalue weighted by molar-refractivity contribution is 14.1. The van der Waals surface area contributed by atoms with Crippen molar-refractivity contribution in [2.45, 2.75) is 32.4 Å². The Balaban J connectivity index is 2.09. The first kappa shape index (κ1) is 13.8. The zero-order chi connectivity index (χ0) is 13.1. The number of benzene rings is 1. The van der Waals surface area contributed by atoms with E-state index in [1.165, 1.54) is 0 Å². The molecule has 3 nitrogen and oxygen atoms in total. The van der Waals surface area contributed by atoms with Crippen LogP contribution in [0.1, 0.15) is 30.6 Å². The van der Waals surface area contributed by atoms with Gasteiger partial charge in [0.05, 0.1) is 5.56 Å². The second kappa shape index (κ2) is 6.02. The number of halogens is 1. The molecule has 1 aliphatic heterocycles. The largest absolute Gasteiger partial charge is 0.347 e. The predicted octanol–water partition coefficient (Wildman–Crippen LogP) is 2.41. The summed E-state index contributed by atoms with van der Waals surface area (Å²) in [4.78, 5) is 12.3. The van der Waals surface area contributed by atoms with Gasteiger partial charge in [-0.1, -0.05) is 19.1 Å². The highest BCUT2D eigenvalue weighted by Gasteiger charge is 2.29. The Kier molecular flexibility index (Phi) is 4.61. The molecule has 1 saturated heterocycles. The van der Waals surface area contributed by atoms with E-state index in [1.807, 2.05) is 24.3 Å². The molecule has 2 rings (SSSR count). The minimum absolute atomic E-state index is 0.0346. The standard InChI is InChI=1S/C14H19IN2O/c1-9-7-8-16-10(2)13(9)17-14(18)11-5-3-4-6-12(11)15/h3-6,9-10,13,16H,7-8H2,1-2H3,(H,17,18). The summed E-state index contributed by atoms with van der Waals surface area (Å²) < 4.78 is 0.997. The Bertz CT molecular complexity index is 426. The monoisotopic (exact) mass is 358 g/mol. The van der Waals surface area contributed by atoms with E-state index in [0.717, 1.165) is 22.1 Å². The van der Waals surface area contributed by atoms with Crippen molar-refractivity contribution in [1.29, 1.82) is 0 Å². The summed E-state index contributed by atoms with van der Waals surface area (Å²) in [6, 6.07) is 8.24. The molecule has 2 N–H and O–H groups in total. The van der Waals surface area contributed by atoms with Crippen molar-refractivity contribution in [3.8, 4) is 0 Å². The number of carbonyl (C=O) groups excluding carboxylic acids is 1. The van der Waals surface area contributed by atoms with Crippen molar-refractivity contribution in [2.24, 2.45) is 5.92 Å². The molecule has 1 aliphatic rings. The van der Waals surface area contributed by atoms with Gasteiger partial charge in [-0.3, -0.25) is 4.79 Å². The van der Waals surface area contributed by atoms with E-state index in [1.54, 1.807) is 0 Å². The number of rotatable bonds is 2. The third-order valence-corrected chi connectivity index (χ3v) is 4.57. The van der Waals surface area contributed by atoms with Gasteiger partial charge in [0.25, 0.3) is 5.91 Å². The minimum Gasteiger partial charge on any atom is -0.347 e. The van der Waals surface area contributed by atoms with Crippen LogP contribution in [0.5, 0.6) is 0 Å². The first-order chi connectivity index (χ1) is 8.59. The zero-order valence-electron chi connectivity index (χ0n) is 10.7. The third-order valence-electron chi connectivity index (χ3n) is 3.63. The molecule has 0 aliphatic carbocycles. The maximum Gasteiger partial charge on any atom is 0.252 e. The van der Waals surface area contributed by atoms with Crippen molar-refractivity contribution < 1.29 is 4.79 Å². The van der Waals surface area contributed by atoms with E-state index < -0.39 is 0 Å². The van der Waals surface area contributed by atoms with Gasteiger partial charge >= 0.3 is 0 Å². The molecule has 1 aromatic rings. The van der Waals surface area contributed by atoms with Gasteiger partial charge in [-0.2, -0.15) is 0 Å². The summed E-state index contributed by atoms with van der Waals surface area (Å²) >= 11 is 2.20. The van der Waals surface area contributed by atoms with Crippen LogP contribution in [0.4, 0.5) is 0 Å². The van der Waals surface area contributed by atoms with Gasteiger partial charge in [-0.15, -0.1) is 0 Å². The van der Waals surface area contributed by atoms with Crippen LogP contribution in [-0.4, -0.2) is 24.5 Å². The molecular formula is C14H19IN2O. The van der Waals surface area contributed by atoms with Gasteiger partial charge < -0.3 is 10.6 Å². The Labute approximate surface area is 122 Å². The molecule has 0 aromatic heterocycles. The van der Waals surface area contributed by atoms with E-state index in [2.05, 4.69) is 47.1 Å². The Morgan fingerprint density at radius 2 is 2.11 bits per heavy atom. The van der Waals surface area contributed by atoms with Crippen molar-refractivity contribution in [1.82, 2.24) is 10.6 Å². The quantitative estimate of drug-likeness (QED) is 0.798. The Morgan fingerprint density at radius 3 is 2.78 bits per heavy atom. The van der Waals surface area contributed by atoms with Crippen molar-refractivity contribution in [2.75, 3.05) is 6.54 Å². The molecule has 1 amide bonds. The van der Waals surface area contributed by atoms with Crippen LogP contribution in [0.2, 0.25) is 0 Å². The lowest BCUT2D eigenvalue weighted by molar-refractivity contribution is 0.0896. The lowest BCUT2D eigenvalue weighted by atomic mass is 9.89. The molecule has 18 heavy (non-hydrogen) atoms. The number of hydrogen-bond acceptors (Lipinski definition) is 2. The number of amides is 1. The van der Waals surface area contributed by atoms with Gasteiger partial charge in [0.1, 0.15) is 0 Å². The Morgan fingerprint density at radius 1 is 1.39 bits per heavy atom. The zero-order valence-corrected chi connectivity index (χ0v) is 12.9. The van der Waals surface area contributed by atoms with Crippen LogP contribution in [0.3, 0.4) is 0 Å². The lowest BCUT2D eigenvalue weighted by Crippen LogP contribution is -2.56. The highest BCUT2D eigenvalue weighted by atomic mass is 127. The topological polar surface area (TPSA) is 41.1 Å². The summed E-state index contributed by atoms with van der Waals surface area (Å²) in [5, 5.41) is 6.59. The number of hydrogen-bond donors (Lipinski definition) is 2. The molecular weight excluding hydrogens is 339 g/mol. The van der Waals surface area contributed by atoms with Crippen molar-refractivity contribution >= 4 is 28.5 Å². The summed E-state index contributed by atoms with van der Waals surface area (Å²) in [5.74, 6) is 0.555. The van der Waals surface area contributed by atoms with Gasteiger partial charge in [-0.25, -0.2) is 0 Å². The molecule has 3 unspecified atom stereocenters. The molecule has 0 bridgehead atoms. The normalized spacial score (nSPS) is 27.8. The van der Waals surface area contributed by atoms with Crippen LogP contribution in [0.15, 0.2) is 24.3 Å². The summed E-state index contributed by atoms with van der Waals surface area (Å²) in [6.45, 7) is 5.38. The second-order valence-corrected chi connectivity index (χ2v) is 6.15. The van der Waals surface area contributed by atoms with E-state index in [4.69, 9.17) is 0 Å². The van der Waals surface area contributed by atoms with Crippen LogP contribution in [0, 0.1) is 9.49 Å². The van der Waals surface area contributed by atoms with E-state index >= 15 is 0 Å². The van der Waals surface area contributed by atoms with E-state index in [-0.39, 0.29) is 11.9 Å². The molecule has 0 spiro atoms. The Hall–Kier alpha value is -0.620. The molecule has 0 saturated carbocycles. The molecule has 0 radical (unpaired) electrons. The predicted molar refractivity (Wildman–Crippen MR) is 81.7 cm³/mol. The summed E-state index contributed by atoms with van der Waals surface area (Å²) in [6.07, 6.45) is 1.11. The first-order valence-electron chi connectivity index (χ1n) is 6.38. The molecule has 4 heteroatoms. The molecule has 1 fully saturated rings. The number of piperidine rings is 1. The fourth-order valence-corrected chi connectivity index (χ4v) is 3.11. The van der Waals surface area contributed by atoms with Crippen LogP contribution in [0.25, 0.3) is 0 Å². The third kappa shape index (κ3) is 3.03. The highest BCUT2D eigenvalue weighted by Crippen LogP contribution is 2.18. The first-order valence-corrected chi connectivity index (χ1v) is 7.46. The molecule has 3 atom stereocenters. The minimum atomic E-state index is 0.0346. The maximum absolute atomic E-state index is 12.3. The van der Waals surface area contributed by atoms with Gasteiger partial charge in [0, 0.05) is 15.7 Å². The van der Waals surface area contributed by atoms with Crippen LogP contribution < -0.4 is 10.6 Å². The van der Waals surface area contributed by atoms with E-state index in [9.17, 15) is 4.79 Å². The van der Waals surface area contributed by atoms with Gasteiger partial charge in [0.15, 0.2) is 0 Å². The second-order valence-electron chi connectivity index (χ2n) is 4.99. The smallest absolute Gasteiger partial charge is 0.252 e. The SMILES string of the molecule is CC1CCNC(C)C1NC(=O)c1ccccc1I. The maximum atomic E-state index is 12.3. The van der Waals surface area contributed by atoms with E-state index in [0.29, 0.717) is 12.0 Å². The molecule has 98 valence electrons. The van der Waals surface area contributed by atoms with Crippen LogP contribution in [-0.2, 0) is 0 Å². The fraction of sp³-hybridized carbons (Fsp3) is 0.500. The van der Waals surface area contributed by atoms with Crippen molar-refractivity contribution in [3.63, 3.8) is 0 Å². The van der Waals surface area contributed by atoms with Crippen LogP contribution >= 0.6 is 22.6 Å². The number of nitrogens with one attached hydrogen (secondary N) is 2. The molecule has 1 heterocycles. The fourth-order valence-electron chi connectivity index (χ4n) is 2.48. The van der Waals surface area contributed by atoms with Crippen molar-refractivity contribution in [3.05, 3.63) is 33.4 Å².